The van der Waals surface area contributed by atoms with E-state index in [1.807, 2.05) is 51.1 Å². The van der Waals surface area contributed by atoms with Gasteiger partial charge in [-0.25, -0.2) is 0 Å². The molecule has 0 radical (unpaired) electrons. The van der Waals surface area contributed by atoms with E-state index in [0.29, 0.717) is 12.2 Å². The zero-order valence-corrected chi connectivity index (χ0v) is 15.9. The Hall–Kier alpha value is -2.69. The summed E-state index contributed by atoms with van der Waals surface area (Å²) < 4.78 is 5.89. The molecule has 1 aliphatic rings. The third-order valence-corrected chi connectivity index (χ3v) is 4.91. The molecular weight excluding hydrogens is 326 g/mol. The van der Waals surface area contributed by atoms with Crippen molar-refractivity contribution in [1.29, 1.82) is 0 Å². The number of amides is 1. The van der Waals surface area contributed by atoms with Gasteiger partial charge >= 0.3 is 0 Å². The Labute approximate surface area is 155 Å². The first-order chi connectivity index (χ1) is 12.4. The second kappa shape index (κ2) is 7.28. The van der Waals surface area contributed by atoms with Gasteiger partial charge < -0.3 is 20.7 Å². The van der Waals surface area contributed by atoms with Gasteiger partial charge in [0.1, 0.15) is 17.9 Å². The Morgan fingerprint density at radius 2 is 2.15 bits per heavy atom. The summed E-state index contributed by atoms with van der Waals surface area (Å²) in [6.07, 6.45) is 0.880. The summed E-state index contributed by atoms with van der Waals surface area (Å²) in [6, 6.07) is 11.3. The van der Waals surface area contributed by atoms with Crippen LogP contribution in [0.3, 0.4) is 0 Å². The van der Waals surface area contributed by atoms with Crippen molar-refractivity contribution in [2.75, 3.05) is 22.5 Å². The van der Waals surface area contributed by atoms with E-state index in [2.05, 4.69) is 23.2 Å². The van der Waals surface area contributed by atoms with Gasteiger partial charge in [-0.1, -0.05) is 25.1 Å². The molecule has 0 saturated heterocycles. The highest BCUT2D eigenvalue weighted by Crippen LogP contribution is 2.36. The molecule has 26 heavy (non-hydrogen) atoms. The molecule has 5 nitrogen and oxygen atoms in total. The Morgan fingerprint density at radius 1 is 1.38 bits per heavy atom. The number of hydrogen-bond donors (Lipinski definition) is 2. The van der Waals surface area contributed by atoms with Gasteiger partial charge in [-0.05, 0) is 56.5 Å². The molecule has 1 amide bonds. The van der Waals surface area contributed by atoms with Gasteiger partial charge in [0, 0.05) is 11.4 Å². The number of para-hydroxylation sites is 1. The summed E-state index contributed by atoms with van der Waals surface area (Å²) in [5.74, 6) is 0.735. The van der Waals surface area contributed by atoms with Crippen molar-refractivity contribution in [3.05, 3.63) is 47.5 Å². The predicted octanol–water partition coefficient (Wildman–Crippen LogP) is 3.75. The molecule has 0 aromatic heterocycles. The van der Waals surface area contributed by atoms with Crippen molar-refractivity contribution in [2.24, 2.45) is 0 Å². The minimum atomic E-state index is -0.341. The number of rotatable bonds is 4. The number of benzene rings is 2. The molecule has 1 aliphatic heterocycles. The van der Waals surface area contributed by atoms with Gasteiger partial charge in [0.25, 0.3) is 0 Å². The number of nitrogens with zero attached hydrogens (tertiary/aromatic N) is 1. The highest BCUT2D eigenvalue weighted by Gasteiger charge is 2.30. The standard InChI is InChI=1S/C21H27N3O2/c1-5-16-8-6-7-13(2)20(16)23-21(25)15(4)24-12-14(3)26-19-10-9-17(22)11-18(19)24/h6-11,14-15H,5,12,22H2,1-4H3,(H,23,25). The summed E-state index contributed by atoms with van der Waals surface area (Å²) in [7, 11) is 0. The normalized spacial score (nSPS) is 17.2. The average molecular weight is 353 g/mol. The van der Waals surface area contributed by atoms with Crippen LogP contribution in [0.15, 0.2) is 36.4 Å². The fourth-order valence-corrected chi connectivity index (χ4v) is 3.43. The lowest BCUT2D eigenvalue weighted by Crippen LogP contribution is -2.48. The number of carbonyl (C=O) groups is 1. The van der Waals surface area contributed by atoms with Crippen LogP contribution in [0.25, 0.3) is 0 Å². The molecule has 2 aromatic rings. The largest absolute Gasteiger partial charge is 0.487 e. The topological polar surface area (TPSA) is 67.6 Å². The number of nitrogen functional groups attached to an aromatic ring is 1. The summed E-state index contributed by atoms with van der Waals surface area (Å²) in [5.41, 5.74) is 10.6. The van der Waals surface area contributed by atoms with Crippen LogP contribution in [0.2, 0.25) is 0 Å². The molecule has 0 saturated carbocycles. The monoisotopic (exact) mass is 353 g/mol. The minimum absolute atomic E-state index is 0.00559. The molecule has 0 spiro atoms. The maximum atomic E-state index is 13.0. The van der Waals surface area contributed by atoms with Crippen molar-refractivity contribution >= 4 is 23.0 Å². The Morgan fingerprint density at radius 3 is 2.88 bits per heavy atom. The van der Waals surface area contributed by atoms with Crippen LogP contribution in [0.4, 0.5) is 17.1 Å². The number of carbonyl (C=O) groups excluding carboxylic acids is 1. The maximum Gasteiger partial charge on any atom is 0.246 e. The molecule has 2 atom stereocenters. The molecule has 3 N–H and O–H groups in total. The molecule has 2 aromatic carbocycles. The first kappa shape index (κ1) is 18.1. The van der Waals surface area contributed by atoms with Crippen LogP contribution in [-0.4, -0.2) is 24.6 Å². The van der Waals surface area contributed by atoms with Gasteiger partial charge in [0.05, 0.1) is 12.2 Å². The number of fused-ring (bicyclic) bond motifs is 1. The number of hydrogen-bond acceptors (Lipinski definition) is 4. The van der Waals surface area contributed by atoms with E-state index in [-0.39, 0.29) is 18.1 Å². The van der Waals surface area contributed by atoms with E-state index in [1.165, 1.54) is 0 Å². The molecule has 0 aliphatic carbocycles. The average Bonchev–Trinajstić information content (AvgIpc) is 2.62. The summed E-state index contributed by atoms with van der Waals surface area (Å²) in [5, 5.41) is 3.13. The fourth-order valence-electron chi connectivity index (χ4n) is 3.43. The molecule has 1 heterocycles. The van der Waals surface area contributed by atoms with E-state index >= 15 is 0 Å². The number of nitrogens with two attached hydrogens (primary N) is 1. The van der Waals surface area contributed by atoms with E-state index in [4.69, 9.17) is 10.5 Å². The molecular formula is C21H27N3O2. The van der Waals surface area contributed by atoms with Crippen molar-refractivity contribution in [2.45, 2.75) is 46.3 Å². The Kier molecular flexibility index (Phi) is 5.07. The fraction of sp³-hybridized carbons (Fsp3) is 0.381. The zero-order chi connectivity index (χ0) is 18.8. The Bertz CT molecular complexity index is 819. The first-order valence-corrected chi connectivity index (χ1v) is 9.12. The third kappa shape index (κ3) is 3.47. The maximum absolute atomic E-state index is 13.0. The van der Waals surface area contributed by atoms with Crippen LogP contribution in [0.5, 0.6) is 5.75 Å². The van der Waals surface area contributed by atoms with Crippen LogP contribution >= 0.6 is 0 Å². The quantitative estimate of drug-likeness (QED) is 0.822. The lowest BCUT2D eigenvalue weighted by atomic mass is 10.0. The molecule has 0 fully saturated rings. The molecule has 0 bridgehead atoms. The highest BCUT2D eigenvalue weighted by atomic mass is 16.5. The SMILES string of the molecule is CCc1cccc(C)c1NC(=O)C(C)N1CC(C)Oc2ccc(N)cc21. The zero-order valence-electron chi connectivity index (χ0n) is 15.9. The van der Waals surface area contributed by atoms with Gasteiger partial charge in [-0.3, -0.25) is 4.79 Å². The molecule has 3 rings (SSSR count). The van der Waals surface area contributed by atoms with Gasteiger partial charge in [-0.2, -0.15) is 0 Å². The summed E-state index contributed by atoms with van der Waals surface area (Å²) in [4.78, 5) is 15.1. The lowest BCUT2D eigenvalue weighted by molar-refractivity contribution is -0.117. The Balaban J connectivity index is 1.87. The van der Waals surface area contributed by atoms with Crippen molar-refractivity contribution in [3.8, 4) is 5.75 Å². The molecule has 138 valence electrons. The number of nitrogens with one attached hydrogen (secondary N) is 1. The van der Waals surface area contributed by atoms with Gasteiger partial charge in [0.15, 0.2) is 0 Å². The molecule has 2 unspecified atom stereocenters. The number of anilines is 3. The minimum Gasteiger partial charge on any atom is -0.487 e. The second-order valence-electron chi connectivity index (χ2n) is 6.94. The van der Waals surface area contributed by atoms with E-state index < -0.39 is 0 Å². The van der Waals surface area contributed by atoms with Gasteiger partial charge in [-0.15, -0.1) is 0 Å². The van der Waals surface area contributed by atoms with E-state index in [0.717, 1.165) is 34.7 Å². The highest BCUT2D eigenvalue weighted by molar-refractivity contribution is 5.98. The lowest BCUT2D eigenvalue weighted by Gasteiger charge is -2.38. The predicted molar refractivity (Wildman–Crippen MR) is 107 cm³/mol. The van der Waals surface area contributed by atoms with Crippen molar-refractivity contribution < 1.29 is 9.53 Å². The molecule has 5 heteroatoms. The van der Waals surface area contributed by atoms with Crippen molar-refractivity contribution in [1.82, 2.24) is 0 Å². The van der Waals surface area contributed by atoms with Crippen molar-refractivity contribution in [3.63, 3.8) is 0 Å². The van der Waals surface area contributed by atoms with Crippen LogP contribution in [0, 0.1) is 6.92 Å². The summed E-state index contributed by atoms with van der Waals surface area (Å²) in [6.45, 7) is 8.68. The smallest absolute Gasteiger partial charge is 0.246 e. The van der Waals surface area contributed by atoms with E-state index in [9.17, 15) is 4.79 Å². The van der Waals surface area contributed by atoms with Crippen LogP contribution in [0.1, 0.15) is 31.9 Å². The second-order valence-corrected chi connectivity index (χ2v) is 6.94. The van der Waals surface area contributed by atoms with Crippen LogP contribution in [-0.2, 0) is 11.2 Å². The summed E-state index contributed by atoms with van der Waals surface area (Å²) >= 11 is 0. The van der Waals surface area contributed by atoms with E-state index in [1.54, 1.807) is 0 Å². The third-order valence-electron chi connectivity index (χ3n) is 4.91. The van der Waals surface area contributed by atoms with Gasteiger partial charge in [0.2, 0.25) is 5.91 Å². The number of ether oxygens (including phenoxy) is 1. The van der Waals surface area contributed by atoms with Crippen LogP contribution < -0.4 is 20.7 Å². The number of aryl methyl sites for hydroxylation is 2. The first-order valence-electron chi connectivity index (χ1n) is 9.12.